The van der Waals surface area contributed by atoms with Crippen molar-refractivity contribution in [3.05, 3.63) is 115 Å². The summed E-state index contributed by atoms with van der Waals surface area (Å²) in [6, 6.07) is 23.1. The zero-order chi connectivity index (χ0) is 37.8. The molecule has 9 nitrogen and oxygen atoms in total. The number of fused-ring (bicyclic) bond motifs is 3. The van der Waals surface area contributed by atoms with Crippen LogP contribution < -0.4 is 132 Å². The monoisotopic (exact) mass is 1150 g/mol. The van der Waals surface area contributed by atoms with Gasteiger partial charge in [0.15, 0.2) is 0 Å². The minimum Gasteiger partial charge on any atom is -0.362 e. The number of halogens is 2. The Labute approximate surface area is 460 Å². The Kier molecular flexibility index (Phi) is 45.6. The van der Waals surface area contributed by atoms with Gasteiger partial charge in [-0.15, -0.1) is 0 Å². The van der Waals surface area contributed by atoms with Crippen LogP contribution in [-0.4, -0.2) is 64.7 Å². The van der Waals surface area contributed by atoms with E-state index in [-0.39, 0.29) is 167 Å². The zero-order valence-electron chi connectivity index (χ0n) is 36.2. The molecule has 54 heavy (non-hydrogen) atoms. The first-order valence-corrected chi connectivity index (χ1v) is 22.9. The first-order chi connectivity index (χ1) is 23.5. The van der Waals surface area contributed by atoms with Crippen molar-refractivity contribution in [3.8, 4) is 0 Å². The number of hydrogen-bond donors (Lipinski definition) is 0. The molecule has 1 amide bonds. The van der Waals surface area contributed by atoms with Gasteiger partial charge in [0.2, 0.25) is 0 Å². The second-order valence-corrected chi connectivity index (χ2v) is 10.2. The van der Waals surface area contributed by atoms with E-state index < -0.39 is 0 Å². The first kappa shape index (κ1) is 66.7. The largest absolute Gasteiger partial charge is 1.00 e. The maximum absolute atomic E-state index is 11.9. The van der Waals surface area contributed by atoms with Gasteiger partial charge in [0, 0.05) is 96.4 Å². The van der Waals surface area contributed by atoms with E-state index in [4.69, 9.17) is 0 Å². The van der Waals surface area contributed by atoms with Crippen molar-refractivity contribution in [2.45, 2.75) is 68.5 Å². The molecule has 5 aromatic rings. The fraction of sp³-hybridized carbons (Fsp3) is 0.375. The number of carbonyl (C=O) groups is 1. The molecule has 1 unspecified atom stereocenters. The molecule has 1 aliphatic heterocycles. The number of para-hydroxylation sites is 3. The molecule has 0 fully saturated rings. The van der Waals surface area contributed by atoms with Crippen molar-refractivity contribution in [3.63, 3.8) is 0 Å². The van der Waals surface area contributed by atoms with Crippen LogP contribution in [0.5, 0.6) is 0 Å². The van der Waals surface area contributed by atoms with Crippen molar-refractivity contribution < 1.29 is 140 Å². The van der Waals surface area contributed by atoms with Crippen LogP contribution in [0, 0.1) is 28.7 Å². The van der Waals surface area contributed by atoms with Gasteiger partial charge in [-0.25, -0.2) is 15.0 Å². The maximum Gasteiger partial charge on any atom is 1.00 e. The van der Waals surface area contributed by atoms with Gasteiger partial charge in [-0.3, -0.25) is 14.2 Å². The predicted molar refractivity (Wildman–Crippen MR) is 242 cm³/mol. The van der Waals surface area contributed by atoms with Gasteiger partial charge >= 0.3 is 116 Å². The van der Waals surface area contributed by atoms with Gasteiger partial charge < -0.3 is 29.6 Å². The first-order valence-electron chi connectivity index (χ1n) is 16.6. The Bertz CT molecular complexity index is 1800. The molecule has 6 rings (SSSR count). The number of carbonyl (C=O) groups excluding carboxylic acids is 1. The Morgan fingerprint density at radius 1 is 0.648 bits per heavy atom. The van der Waals surface area contributed by atoms with E-state index in [1.807, 2.05) is 162 Å². The average molecular weight is 1150 g/mol. The van der Waals surface area contributed by atoms with E-state index in [1.54, 1.807) is 22.6 Å². The summed E-state index contributed by atoms with van der Waals surface area (Å²) in [5.41, 5.74) is 3.59. The van der Waals surface area contributed by atoms with Crippen molar-refractivity contribution >= 4 is 76.5 Å². The summed E-state index contributed by atoms with van der Waals surface area (Å²) in [5, 5.41) is 1.78. The van der Waals surface area contributed by atoms with Crippen LogP contribution >= 0.6 is 37.2 Å². The summed E-state index contributed by atoms with van der Waals surface area (Å²) in [4.78, 5) is 42.5. The van der Waals surface area contributed by atoms with Crippen molar-refractivity contribution in [1.82, 2.24) is 24.4 Å². The standard InChI is InChI=1S/C11H13N3.C11H14N2O.C10H10N2O.3C2H6.2CH3.I2.2Rb.V/c1-8-12-10-7-5-4-6-9(10)11(13-8)14(2)3;1-8-12(2)10-7-5-4-6-9(10)11(14)13(8)3;1-7-11-9-6-4-3-5-8(9)10(13)12(7)2;3*1-2;;;1-2;;;/h4-7H,1-3H3;4-8H,1-3H3;3-6H,1-2H3;3*1-2H3;2*1H3;;;;/q;;;;;;2*-1;;2*+1;. The van der Waals surface area contributed by atoms with E-state index >= 15 is 0 Å². The van der Waals surface area contributed by atoms with E-state index in [2.05, 4.69) is 57.1 Å². The van der Waals surface area contributed by atoms with Crippen LogP contribution in [0.4, 0.5) is 11.5 Å². The van der Waals surface area contributed by atoms with Crippen molar-refractivity contribution in [2.24, 2.45) is 7.05 Å². The van der Waals surface area contributed by atoms with Crippen LogP contribution in [0.1, 0.15) is 70.5 Å². The third-order valence-corrected chi connectivity index (χ3v) is 7.28. The van der Waals surface area contributed by atoms with Crippen LogP contribution in [0.2, 0.25) is 0 Å². The smallest absolute Gasteiger partial charge is 0.362 e. The number of anilines is 2. The van der Waals surface area contributed by atoms with Gasteiger partial charge in [-0.1, -0.05) is 77.9 Å². The molecule has 1 aliphatic rings. The van der Waals surface area contributed by atoms with Gasteiger partial charge in [0.25, 0.3) is 11.5 Å². The number of aryl methyl sites for hydroxylation is 2. The average Bonchev–Trinajstić information content (AvgIpc) is 3.15. The SMILES string of the molecule is CC.CC.CC.CC1N(C)C(=O)c2ccccc2N1C.Cc1nc(N(C)C)c2ccccc2n1.Cc1nc2ccccc2c(=O)n1C.II.[CH3-].[CH3-].[Rb+].[Rb+].[V]. The fourth-order valence-corrected chi connectivity index (χ4v) is 4.63. The molecule has 1 atom stereocenters. The molecular weight excluding hydrogens is 1090 g/mol. The fourth-order valence-electron chi connectivity index (χ4n) is 4.63. The topological polar surface area (TPSA) is 87.5 Å². The number of aromatic nitrogens is 4. The molecule has 14 heteroatoms. The normalized spacial score (nSPS) is 11.2. The molecule has 1 radical (unpaired) electrons. The zero-order valence-corrected chi connectivity index (χ0v) is 51.7. The summed E-state index contributed by atoms with van der Waals surface area (Å²) in [7, 11) is 9.56. The second kappa shape index (κ2) is 36.9. The number of hydrogen-bond acceptors (Lipinski definition) is 7. The Morgan fingerprint density at radius 2 is 1.07 bits per heavy atom. The molecule has 0 saturated heterocycles. The second-order valence-electron chi connectivity index (χ2n) is 10.2. The van der Waals surface area contributed by atoms with E-state index in [0.717, 1.165) is 45.1 Å². The molecule has 289 valence electrons. The van der Waals surface area contributed by atoms with Gasteiger partial charge in [0.1, 0.15) is 23.6 Å². The third kappa shape index (κ3) is 19.3. The van der Waals surface area contributed by atoms with E-state index in [1.165, 1.54) is 0 Å². The molecule has 2 aromatic heterocycles. The quantitative estimate of drug-likeness (QED) is 0.180. The van der Waals surface area contributed by atoms with Crippen LogP contribution in [0.15, 0.2) is 77.6 Å². The summed E-state index contributed by atoms with van der Waals surface area (Å²) < 4.78 is 1.56. The Morgan fingerprint density at radius 3 is 1.57 bits per heavy atom. The minimum atomic E-state index is 0. The minimum absolute atomic E-state index is 0. The van der Waals surface area contributed by atoms with Crippen LogP contribution in [0.25, 0.3) is 21.8 Å². The molecule has 0 N–H and O–H groups in total. The number of rotatable bonds is 1. The summed E-state index contributed by atoms with van der Waals surface area (Å²) in [5.74, 6) is 2.63. The number of nitrogens with zero attached hydrogens (tertiary/aromatic N) is 7. The molecular formula is C40H61I2N7O2Rb2V. The Hall–Kier alpha value is 0.865. The maximum atomic E-state index is 11.9. The molecule has 3 aromatic carbocycles. The van der Waals surface area contributed by atoms with E-state index in [9.17, 15) is 9.59 Å². The van der Waals surface area contributed by atoms with Gasteiger partial charge in [-0.2, -0.15) is 0 Å². The number of amides is 1. The van der Waals surface area contributed by atoms with Crippen LogP contribution in [-0.2, 0) is 25.6 Å². The van der Waals surface area contributed by atoms with Gasteiger partial charge in [-0.05, 0) is 57.2 Å². The molecule has 0 saturated carbocycles. The summed E-state index contributed by atoms with van der Waals surface area (Å²) in [6.07, 6.45) is 0.123. The van der Waals surface area contributed by atoms with Crippen molar-refractivity contribution in [1.29, 1.82) is 0 Å². The molecule has 0 aliphatic carbocycles. The summed E-state index contributed by atoms with van der Waals surface area (Å²) >= 11 is 4.24. The Balaban J connectivity index is -0.000000140. The molecule has 0 bridgehead atoms. The molecule has 0 spiro atoms. The molecule has 3 heterocycles. The predicted octanol–water partition coefficient (Wildman–Crippen LogP) is 4.56. The third-order valence-electron chi connectivity index (χ3n) is 7.28. The number of benzene rings is 3. The van der Waals surface area contributed by atoms with E-state index in [0.29, 0.717) is 5.39 Å². The van der Waals surface area contributed by atoms with Crippen molar-refractivity contribution in [2.75, 3.05) is 38.0 Å². The van der Waals surface area contributed by atoms with Gasteiger partial charge in [0.05, 0.1) is 27.7 Å². The van der Waals surface area contributed by atoms with Crippen LogP contribution in [0.3, 0.4) is 0 Å². The summed E-state index contributed by atoms with van der Waals surface area (Å²) in [6.45, 7) is 17.8.